The van der Waals surface area contributed by atoms with E-state index in [-0.39, 0.29) is 12.7 Å². The van der Waals surface area contributed by atoms with Crippen LogP contribution in [0.15, 0.2) is 6.07 Å². The van der Waals surface area contributed by atoms with Crippen LogP contribution in [0.4, 0.5) is 32.2 Å². The fraction of sp³-hybridized carbons (Fsp3) is 0.400. The van der Waals surface area contributed by atoms with Gasteiger partial charge < -0.3 is 15.2 Å². The summed E-state index contributed by atoms with van der Waals surface area (Å²) in [6, 6.07) is -0.0535. The lowest BCUT2D eigenvalue weighted by molar-refractivity contribution is -0.274. The summed E-state index contributed by atoms with van der Waals surface area (Å²) in [5.74, 6) is -3.85. The minimum Gasteiger partial charge on any atom is -0.461 e. The molecule has 0 saturated carbocycles. The van der Waals surface area contributed by atoms with E-state index in [9.17, 15) is 31.1 Å². The highest BCUT2D eigenvalue weighted by molar-refractivity contribution is 5.90. The van der Waals surface area contributed by atoms with Crippen LogP contribution in [0, 0.1) is 0 Å². The van der Waals surface area contributed by atoms with Crippen molar-refractivity contribution >= 4 is 11.8 Å². The number of aromatic nitrogens is 1. The van der Waals surface area contributed by atoms with Crippen molar-refractivity contribution in [1.29, 1.82) is 0 Å². The lowest BCUT2D eigenvalue weighted by Gasteiger charge is -2.16. The highest BCUT2D eigenvalue weighted by Crippen LogP contribution is 2.37. The van der Waals surface area contributed by atoms with Crippen molar-refractivity contribution in [3.63, 3.8) is 0 Å². The summed E-state index contributed by atoms with van der Waals surface area (Å²) in [6.45, 7) is 1.08. The number of carbonyl (C=O) groups is 1. The van der Waals surface area contributed by atoms with Crippen molar-refractivity contribution < 1.29 is 40.6 Å². The number of alkyl halides is 6. The number of hydrogen-bond donors (Lipinski definition) is 1. The highest BCUT2D eigenvalue weighted by atomic mass is 19.4. The van der Waals surface area contributed by atoms with Gasteiger partial charge in [-0.1, -0.05) is 0 Å². The number of anilines is 1. The molecule has 0 aliphatic rings. The van der Waals surface area contributed by atoms with Crippen molar-refractivity contribution in [3.05, 3.63) is 17.3 Å². The molecule has 1 aromatic heterocycles. The Balaban J connectivity index is 3.40. The lowest BCUT2D eigenvalue weighted by Crippen LogP contribution is -2.22. The second-order valence-corrected chi connectivity index (χ2v) is 3.53. The fourth-order valence-electron chi connectivity index (χ4n) is 1.29. The second-order valence-electron chi connectivity index (χ2n) is 3.53. The van der Waals surface area contributed by atoms with Gasteiger partial charge in [0.05, 0.1) is 12.2 Å². The van der Waals surface area contributed by atoms with Gasteiger partial charge in [0.1, 0.15) is 0 Å². The third-order valence-electron chi connectivity index (χ3n) is 2.02. The number of carbonyl (C=O) groups excluding carboxylic acids is 1. The molecule has 21 heavy (non-hydrogen) atoms. The molecule has 1 rings (SSSR count). The van der Waals surface area contributed by atoms with E-state index in [4.69, 9.17) is 5.73 Å². The third-order valence-corrected chi connectivity index (χ3v) is 2.02. The summed E-state index contributed by atoms with van der Waals surface area (Å²) in [7, 11) is 0. The standard InChI is InChI=1S/C10H8F6N2O3/c1-2-20-8(19)6-4(9(11,12)13)3-5(7(17)18-6)21-10(14,15)16/h3H,2H2,1H3,(H2,17,18). The fourth-order valence-corrected chi connectivity index (χ4v) is 1.29. The molecular weight excluding hydrogens is 310 g/mol. The number of esters is 1. The number of nitrogens with two attached hydrogens (primary N) is 1. The number of halogens is 6. The molecule has 2 N–H and O–H groups in total. The lowest BCUT2D eigenvalue weighted by atomic mass is 10.1. The minimum absolute atomic E-state index is 0.0535. The number of nitrogen functional groups attached to an aromatic ring is 1. The number of ether oxygens (including phenoxy) is 2. The van der Waals surface area contributed by atoms with Gasteiger partial charge in [-0.05, 0) is 13.0 Å². The molecule has 1 aromatic rings. The SMILES string of the molecule is CCOC(=O)c1nc(N)c(OC(F)(F)F)cc1C(F)(F)F. The second kappa shape index (κ2) is 5.66. The van der Waals surface area contributed by atoms with Crippen molar-refractivity contribution in [2.75, 3.05) is 12.3 Å². The Bertz CT molecular complexity index is 541. The van der Waals surface area contributed by atoms with Crippen LogP contribution in [-0.2, 0) is 10.9 Å². The molecular formula is C10H8F6N2O3. The average Bonchev–Trinajstić information content (AvgIpc) is 2.28. The zero-order chi connectivity index (χ0) is 16.4. The zero-order valence-corrected chi connectivity index (χ0v) is 10.3. The van der Waals surface area contributed by atoms with Crippen molar-refractivity contribution in [2.45, 2.75) is 19.5 Å². The molecule has 0 aromatic carbocycles. The first-order valence-electron chi connectivity index (χ1n) is 5.26. The van der Waals surface area contributed by atoms with Gasteiger partial charge >= 0.3 is 18.5 Å². The molecule has 0 spiro atoms. The Morgan fingerprint density at radius 2 is 1.86 bits per heavy atom. The molecule has 11 heteroatoms. The van der Waals surface area contributed by atoms with Gasteiger partial charge in [-0.2, -0.15) is 13.2 Å². The maximum atomic E-state index is 12.8. The summed E-state index contributed by atoms with van der Waals surface area (Å²) < 4.78 is 82.1. The Hall–Kier alpha value is -2.20. The number of pyridine rings is 1. The van der Waals surface area contributed by atoms with Crippen LogP contribution in [-0.4, -0.2) is 23.9 Å². The van der Waals surface area contributed by atoms with Crippen molar-refractivity contribution in [1.82, 2.24) is 4.98 Å². The highest BCUT2D eigenvalue weighted by Gasteiger charge is 2.40. The molecule has 1 heterocycles. The molecule has 0 unspecified atom stereocenters. The monoisotopic (exact) mass is 318 g/mol. The number of rotatable bonds is 3. The van der Waals surface area contributed by atoms with E-state index in [0.29, 0.717) is 0 Å². The van der Waals surface area contributed by atoms with Gasteiger partial charge in [-0.25, -0.2) is 9.78 Å². The van der Waals surface area contributed by atoms with E-state index in [1.165, 1.54) is 6.92 Å². The van der Waals surface area contributed by atoms with Crippen LogP contribution in [0.25, 0.3) is 0 Å². The van der Waals surface area contributed by atoms with Gasteiger partial charge in [0.15, 0.2) is 17.3 Å². The molecule has 0 bridgehead atoms. The maximum absolute atomic E-state index is 12.8. The molecule has 0 aliphatic heterocycles. The van der Waals surface area contributed by atoms with E-state index in [2.05, 4.69) is 14.5 Å². The van der Waals surface area contributed by atoms with Gasteiger partial charge in [0.25, 0.3) is 0 Å². The van der Waals surface area contributed by atoms with Crippen LogP contribution in [0.5, 0.6) is 5.75 Å². The Labute approximate surface area is 113 Å². The summed E-state index contributed by atoms with van der Waals surface area (Å²) in [4.78, 5) is 14.4. The number of nitrogens with zero attached hydrogens (tertiary/aromatic N) is 1. The van der Waals surface area contributed by atoms with Crippen LogP contribution < -0.4 is 10.5 Å². The van der Waals surface area contributed by atoms with Crippen LogP contribution >= 0.6 is 0 Å². The molecule has 0 radical (unpaired) electrons. The van der Waals surface area contributed by atoms with E-state index >= 15 is 0 Å². The van der Waals surface area contributed by atoms with Crippen LogP contribution in [0.1, 0.15) is 23.0 Å². The third kappa shape index (κ3) is 4.39. The predicted octanol–water partition coefficient (Wildman–Crippen LogP) is 2.76. The first-order chi connectivity index (χ1) is 9.45. The summed E-state index contributed by atoms with van der Waals surface area (Å²) in [6.07, 6.45) is -10.4. The molecule has 5 nitrogen and oxygen atoms in total. The topological polar surface area (TPSA) is 74.4 Å². The van der Waals surface area contributed by atoms with Gasteiger partial charge in [-0.3, -0.25) is 0 Å². The first kappa shape index (κ1) is 16.9. The normalized spacial score (nSPS) is 12.1. The van der Waals surface area contributed by atoms with E-state index in [1.807, 2.05) is 0 Å². The number of hydrogen-bond acceptors (Lipinski definition) is 5. The molecule has 0 amide bonds. The molecule has 0 saturated heterocycles. The van der Waals surface area contributed by atoms with E-state index in [0.717, 1.165) is 0 Å². The van der Waals surface area contributed by atoms with Crippen LogP contribution in [0.3, 0.4) is 0 Å². The van der Waals surface area contributed by atoms with E-state index < -0.39 is 41.3 Å². The first-order valence-corrected chi connectivity index (χ1v) is 5.26. The van der Waals surface area contributed by atoms with Crippen LogP contribution in [0.2, 0.25) is 0 Å². The van der Waals surface area contributed by atoms with Crippen molar-refractivity contribution in [2.24, 2.45) is 0 Å². The van der Waals surface area contributed by atoms with Crippen molar-refractivity contribution in [3.8, 4) is 5.75 Å². The minimum atomic E-state index is -5.26. The summed E-state index contributed by atoms with van der Waals surface area (Å²) in [5, 5.41) is 0. The van der Waals surface area contributed by atoms with E-state index in [1.54, 1.807) is 0 Å². The average molecular weight is 318 g/mol. The predicted molar refractivity (Wildman–Crippen MR) is 56.3 cm³/mol. The van der Waals surface area contributed by atoms with Gasteiger partial charge in [-0.15, -0.1) is 13.2 Å². The largest absolute Gasteiger partial charge is 0.573 e. The van der Waals surface area contributed by atoms with Gasteiger partial charge in [0, 0.05) is 0 Å². The zero-order valence-electron chi connectivity index (χ0n) is 10.3. The Morgan fingerprint density at radius 1 is 1.29 bits per heavy atom. The molecule has 0 aliphatic carbocycles. The van der Waals surface area contributed by atoms with Gasteiger partial charge in [0.2, 0.25) is 0 Å². The molecule has 0 atom stereocenters. The maximum Gasteiger partial charge on any atom is 0.573 e. The summed E-state index contributed by atoms with van der Waals surface area (Å²) in [5.41, 5.74) is 2.08. The smallest absolute Gasteiger partial charge is 0.461 e. The quantitative estimate of drug-likeness (QED) is 0.685. The molecule has 118 valence electrons. The molecule has 0 fully saturated rings. The Morgan fingerprint density at radius 3 is 2.29 bits per heavy atom. The summed E-state index contributed by atoms with van der Waals surface area (Å²) >= 11 is 0. The Kier molecular flexibility index (Phi) is 4.54.